The van der Waals surface area contributed by atoms with Crippen molar-refractivity contribution in [1.29, 1.82) is 0 Å². The number of allylic oxidation sites excluding steroid dienone is 3. The lowest BCUT2D eigenvalue weighted by atomic mass is 10.3. The summed E-state index contributed by atoms with van der Waals surface area (Å²) < 4.78 is 0. The fourth-order valence-corrected chi connectivity index (χ4v) is 1.09. The molecule has 0 unspecified atom stereocenters. The Labute approximate surface area is 79.7 Å². The fraction of sp³-hybridized carbons (Fsp3) is 0.500. The normalized spacial score (nSPS) is 10.9. The molecule has 0 saturated heterocycles. The molecule has 2 heteroatoms. The van der Waals surface area contributed by atoms with Crippen LogP contribution in [0.4, 0.5) is 0 Å². The van der Waals surface area contributed by atoms with Crippen molar-refractivity contribution in [3.05, 3.63) is 22.8 Å². The zero-order chi connectivity index (χ0) is 9.56. The van der Waals surface area contributed by atoms with Crippen molar-refractivity contribution in [1.82, 2.24) is 0 Å². The second kappa shape index (κ2) is 6.06. The number of thioether (sulfide) groups is 1. The molecule has 0 aromatic heterocycles. The maximum absolute atomic E-state index is 4.36. The second-order valence-corrected chi connectivity index (χ2v) is 3.84. The molecule has 0 aliphatic heterocycles. The van der Waals surface area contributed by atoms with Crippen molar-refractivity contribution < 1.29 is 0 Å². The second-order valence-electron chi connectivity index (χ2n) is 3.01. The smallest absolute Gasteiger partial charge is 0.0956 e. The number of aliphatic imine (C=N–C) groups is 1. The Kier molecular flexibility index (Phi) is 5.81. The summed E-state index contributed by atoms with van der Waals surface area (Å²) in [5.41, 5.74) is 2.39. The van der Waals surface area contributed by atoms with Crippen LogP contribution in [-0.2, 0) is 0 Å². The van der Waals surface area contributed by atoms with Gasteiger partial charge in [0.25, 0.3) is 0 Å². The third-order valence-electron chi connectivity index (χ3n) is 1.10. The first-order chi connectivity index (χ1) is 5.56. The SMILES string of the molecule is CS/C(=C\C=C(C)C)N=C(C)C. The molecule has 0 aromatic carbocycles. The molecule has 68 valence electrons. The molecule has 0 amide bonds. The van der Waals surface area contributed by atoms with Crippen molar-refractivity contribution >= 4 is 17.5 Å². The van der Waals surface area contributed by atoms with Gasteiger partial charge in [-0.25, -0.2) is 0 Å². The molecule has 0 saturated carbocycles. The van der Waals surface area contributed by atoms with Gasteiger partial charge in [0.2, 0.25) is 0 Å². The molecular weight excluding hydrogens is 166 g/mol. The van der Waals surface area contributed by atoms with Crippen LogP contribution in [0.15, 0.2) is 27.7 Å². The van der Waals surface area contributed by atoms with Crippen LogP contribution in [0.5, 0.6) is 0 Å². The summed E-state index contributed by atoms with van der Waals surface area (Å²) in [6.07, 6.45) is 6.17. The van der Waals surface area contributed by atoms with Gasteiger partial charge in [-0.05, 0) is 40.0 Å². The Morgan fingerprint density at radius 2 is 1.67 bits per heavy atom. The molecule has 1 nitrogen and oxygen atoms in total. The number of rotatable bonds is 3. The van der Waals surface area contributed by atoms with Gasteiger partial charge in [0.05, 0.1) is 5.03 Å². The lowest BCUT2D eigenvalue weighted by Crippen LogP contribution is -1.80. The van der Waals surface area contributed by atoms with E-state index in [4.69, 9.17) is 0 Å². The highest BCUT2D eigenvalue weighted by Gasteiger charge is 1.88. The zero-order valence-electron chi connectivity index (χ0n) is 8.51. The monoisotopic (exact) mass is 183 g/mol. The Bertz CT molecular complexity index is 216. The Morgan fingerprint density at radius 1 is 1.08 bits per heavy atom. The van der Waals surface area contributed by atoms with Crippen LogP contribution in [0.3, 0.4) is 0 Å². The fourth-order valence-electron chi connectivity index (χ4n) is 0.609. The summed E-state index contributed by atoms with van der Waals surface area (Å²) in [4.78, 5) is 4.36. The Hall–Kier alpha value is -0.500. The maximum Gasteiger partial charge on any atom is 0.0956 e. The molecule has 0 bridgehead atoms. The van der Waals surface area contributed by atoms with E-state index >= 15 is 0 Å². The summed E-state index contributed by atoms with van der Waals surface area (Å²) >= 11 is 1.67. The highest BCUT2D eigenvalue weighted by atomic mass is 32.2. The van der Waals surface area contributed by atoms with Gasteiger partial charge in [-0.3, -0.25) is 4.99 Å². The van der Waals surface area contributed by atoms with E-state index in [2.05, 4.69) is 24.9 Å². The van der Waals surface area contributed by atoms with Gasteiger partial charge >= 0.3 is 0 Å². The average Bonchev–Trinajstić information content (AvgIpc) is 1.97. The van der Waals surface area contributed by atoms with Crippen LogP contribution in [0.25, 0.3) is 0 Å². The van der Waals surface area contributed by atoms with Crippen molar-refractivity contribution in [3.63, 3.8) is 0 Å². The third kappa shape index (κ3) is 6.23. The Morgan fingerprint density at radius 3 is 2.00 bits per heavy atom. The van der Waals surface area contributed by atoms with Gasteiger partial charge in [0, 0.05) is 5.71 Å². The third-order valence-corrected chi connectivity index (χ3v) is 1.75. The molecule has 0 aliphatic rings. The van der Waals surface area contributed by atoms with Gasteiger partial charge < -0.3 is 0 Å². The Balaban J connectivity index is 4.45. The summed E-state index contributed by atoms with van der Waals surface area (Å²) in [7, 11) is 0. The minimum atomic E-state index is 1.07. The molecule has 0 atom stereocenters. The summed E-state index contributed by atoms with van der Waals surface area (Å²) in [6.45, 7) is 8.17. The van der Waals surface area contributed by atoms with Crippen LogP contribution in [0.1, 0.15) is 27.7 Å². The number of hydrogen-bond acceptors (Lipinski definition) is 2. The topological polar surface area (TPSA) is 12.4 Å². The minimum absolute atomic E-state index is 1.07. The van der Waals surface area contributed by atoms with Crippen LogP contribution in [-0.4, -0.2) is 12.0 Å². The van der Waals surface area contributed by atoms with E-state index in [1.807, 2.05) is 26.2 Å². The first kappa shape index (κ1) is 11.5. The summed E-state index contributed by atoms with van der Waals surface area (Å²) in [5.74, 6) is 0. The number of hydrogen-bond donors (Lipinski definition) is 0. The molecule has 0 radical (unpaired) electrons. The van der Waals surface area contributed by atoms with Crippen molar-refractivity contribution in [2.75, 3.05) is 6.26 Å². The molecule has 0 spiro atoms. The molecule has 0 aromatic rings. The molecule has 0 aliphatic carbocycles. The maximum atomic E-state index is 4.36. The van der Waals surface area contributed by atoms with Crippen molar-refractivity contribution in [2.24, 2.45) is 4.99 Å². The highest BCUT2D eigenvalue weighted by Crippen LogP contribution is 2.13. The molecule has 0 rings (SSSR count). The van der Waals surface area contributed by atoms with Crippen LogP contribution in [0, 0.1) is 0 Å². The van der Waals surface area contributed by atoms with Crippen LogP contribution < -0.4 is 0 Å². The molecule has 12 heavy (non-hydrogen) atoms. The summed E-state index contributed by atoms with van der Waals surface area (Å²) in [5, 5.41) is 1.07. The van der Waals surface area contributed by atoms with Crippen molar-refractivity contribution in [2.45, 2.75) is 27.7 Å². The average molecular weight is 183 g/mol. The number of nitrogens with zero attached hydrogens (tertiary/aromatic N) is 1. The predicted molar refractivity (Wildman–Crippen MR) is 59.8 cm³/mol. The van der Waals surface area contributed by atoms with Gasteiger partial charge in [0.15, 0.2) is 0 Å². The quantitative estimate of drug-likeness (QED) is 0.480. The van der Waals surface area contributed by atoms with Gasteiger partial charge in [-0.2, -0.15) is 0 Å². The van der Waals surface area contributed by atoms with Crippen LogP contribution >= 0.6 is 11.8 Å². The zero-order valence-corrected chi connectivity index (χ0v) is 9.33. The van der Waals surface area contributed by atoms with E-state index in [0.29, 0.717) is 0 Å². The predicted octanol–water partition coefficient (Wildman–Crippen LogP) is 3.64. The van der Waals surface area contributed by atoms with E-state index in [1.165, 1.54) is 5.57 Å². The lowest BCUT2D eigenvalue weighted by Gasteiger charge is -1.95. The van der Waals surface area contributed by atoms with Crippen LogP contribution in [0.2, 0.25) is 0 Å². The standard InChI is InChI=1S/C10H17NS/c1-8(2)6-7-10(12-5)11-9(3)4/h6-7H,1-5H3/b10-7-. The van der Waals surface area contributed by atoms with E-state index in [9.17, 15) is 0 Å². The molecule has 0 fully saturated rings. The molecule has 0 N–H and O–H groups in total. The molecule has 0 heterocycles. The first-order valence-corrected chi connectivity index (χ1v) is 5.20. The molecular formula is C10H17NS. The van der Waals surface area contributed by atoms with E-state index in [0.717, 1.165) is 10.7 Å². The lowest BCUT2D eigenvalue weighted by molar-refractivity contribution is 1.38. The van der Waals surface area contributed by atoms with Gasteiger partial charge in [-0.1, -0.05) is 11.6 Å². The largest absolute Gasteiger partial charge is 0.252 e. The minimum Gasteiger partial charge on any atom is -0.252 e. The van der Waals surface area contributed by atoms with Crippen molar-refractivity contribution in [3.8, 4) is 0 Å². The van der Waals surface area contributed by atoms with E-state index in [-0.39, 0.29) is 0 Å². The first-order valence-electron chi connectivity index (χ1n) is 3.97. The summed E-state index contributed by atoms with van der Waals surface area (Å²) in [6, 6.07) is 0. The van der Waals surface area contributed by atoms with Gasteiger partial charge in [-0.15, -0.1) is 11.8 Å². The van der Waals surface area contributed by atoms with E-state index in [1.54, 1.807) is 11.8 Å². The van der Waals surface area contributed by atoms with E-state index < -0.39 is 0 Å². The highest BCUT2D eigenvalue weighted by molar-refractivity contribution is 8.02. The van der Waals surface area contributed by atoms with Gasteiger partial charge in [0.1, 0.15) is 0 Å².